The lowest BCUT2D eigenvalue weighted by Crippen LogP contribution is -2.13. The minimum Gasteiger partial charge on any atom is -0.496 e. The number of rotatable bonds is 5. The highest BCUT2D eigenvalue weighted by Crippen LogP contribution is 2.27. The van der Waals surface area contributed by atoms with E-state index in [1.807, 2.05) is 18.2 Å². The molecule has 0 fully saturated rings. The molecule has 0 aliphatic carbocycles. The fourth-order valence-corrected chi connectivity index (χ4v) is 3.35. The maximum absolute atomic E-state index is 6.17. The molecular weight excluding hydrogens is 334 g/mol. The van der Waals surface area contributed by atoms with E-state index >= 15 is 0 Å². The molecule has 0 aliphatic rings. The molecule has 2 rings (SSSR count). The molecule has 0 bridgehead atoms. The Morgan fingerprint density at radius 2 is 2.17 bits per heavy atom. The Balaban J connectivity index is 2.00. The quantitative estimate of drug-likeness (QED) is 0.863. The smallest absolute Gasteiger partial charge is 0.124 e. The number of halogens is 2. The van der Waals surface area contributed by atoms with Crippen LogP contribution < -0.4 is 10.1 Å². The molecule has 0 atom stereocenters. The third kappa shape index (κ3) is 3.26. The van der Waals surface area contributed by atoms with Crippen molar-refractivity contribution in [1.29, 1.82) is 0 Å². The molecule has 0 spiro atoms. The Morgan fingerprint density at radius 3 is 2.83 bits per heavy atom. The fourth-order valence-electron chi connectivity index (χ4n) is 1.65. The van der Waals surface area contributed by atoms with Gasteiger partial charge in [-0.2, -0.15) is 0 Å². The van der Waals surface area contributed by atoms with E-state index in [-0.39, 0.29) is 0 Å². The lowest BCUT2D eigenvalue weighted by Gasteiger charge is -2.11. The molecule has 0 unspecified atom stereocenters. The van der Waals surface area contributed by atoms with Gasteiger partial charge in [0.25, 0.3) is 0 Å². The molecule has 1 N–H and O–H groups in total. The number of nitrogens with one attached hydrogen (secondary N) is 1. The summed E-state index contributed by atoms with van der Waals surface area (Å²) in [5.74, 6) is 0.820. The molecule has 0 aliphatic heterocycles. The molecule has 1 heterocycles. The highest BCUT2D eigenvalue weighted by atomic mass is 79.9. The van der Waals surface area contributed by atoms with Crippen LogP contribution in [-0.2, 0) is 13.1 Å². The van der Waals surface area contributed by atoms with Crippen LogP contribution in [0.3, 0.4) is 0 Å². The van der Waals surface area contributed by atoms with Crippen molar-refractivity contribution >= 4 is 38.9 Å². The van der Waals surface area contributed by atoms with E-state index in [0.29, 0.717) is 6.54 Å². The van der Waals surface area contributed by atoms with Gasteiger partial charge in [0.05, 0.1) is 7.11 Å². The fraction of sp³-hybridized carbons (Fsp3) is 0.231. The topological polar surface area (TPSA) is 21.3 Å². The number of thiophene rings is 1. The third-order valence-corrected chi connectivity index (χ3v) is 4.85. The maximum Gasteiger partial charge on any atom is 0.124 e. The largest absolute Gasteiger partial charge is 0.496 e. The van der Waals surface area contributed by atoms with Crippen LogP contribution in [0.5, 0.6) is 5.75 Å². The van der Waals surface area contributed by atoms with Crippen LogP contribution in [-0.4, -0.2) is 7.11 Å². The second-order valence-electron chi connectivity index (χ2n) is 3.72. The van der Waals surface area contributed by atoms with E-state index in [9.17, 15) is 0 Å². The van der Waals surface area contributed by atoms with Crippen LogP contribution in [0.4, 0.5) is 0 Å². The van der Waals surface area contributed by atoms with Crippen molar-refractivity contribution in [2.24, 2.45) is 0 Å². The first-order valence-electron chi connectivity index (χ1n) is 5.46. The van der Waals surface area contributed by atoms with Gasteiger partial charge in [-0.05, 0) is 39.5 Å². The number of hydrogen-bond donors (Lipinski definition) is 1. The molecule has 18 heavy (non-hydrogen) atoms. The van der Waals surface area contributed by atoms with Gasteiger partial charge in [-0.1, -0.05) is 17.7 Å². The zero-order chi connectivity index (χ0) is 13.0. The predicted octanol–water partition coefficient (Wildman–Crippen LogP) is 4.46. The van der Waals surface area contributed by atoms with Crippen molar-refractivity contribution in [1.82, 2.24) is 5.32 Å². The Hall–Kier alpha value is -0.550. The summed E-state index contributed by atoms with van der Waals surface area (Å²) in [5.41, 5.74) is 0.995. The first-order valence-corrected chi connectivity index (χ1v) is 7.51. The van der Waals surface area contributed by atoms with Gasteiger partial charge in [-0.25, -0.2) is 0 Å². The van der Waals surface area contributed by atoms with E-state index in [4.69, 9.17) is 16.3 Å². The van der Waals surface area contributed by atoms with Crippen LogP contribution in [0.1, 0.15) is 10.4 Å². The first kappa shape index (κ1) is 13.9. The van der Waals surface area contributed by atoms with Crippen LogP contribution in [0, 0.1) is 0 Å². The second kappa shape index (κ2) is 6.57. The van der Waals surface area contributed by atoms with E-state index in [1.54, 1.807) is 18.4 Å². The van der Waals surface area contributed by atoms with Gasteiger partial charge in [0.2, 0.25) is 0 Å². The summed E-state index contributed by atoms with van der Waals surface area (Å²) in [6, 6.07) is 7.74. The summed E-state index contributed by atoms with van der Waals surface area (Å²) >= 11 is 11.4. The molecule has 96 valence electrons. The normalized spacial score (nSPS) is 10.6. The van der Waals surface area contributed by atoms with Gasteiger partial charge in [0, 0.05) is 33.0 Å². The minimum absolute atomic E-state index is 0.688. The molecule has 2 nitrogen and oxygen atoms in total. The van der Waals surface area contributed by atoms with Crippen molar-refractivity contribution < 1.29 is 4.74 Å². The van der Waals surface area contributed by atoms with Crippen LogP contribution in [0.25, 0.3) is 0 Å². The van der Waals surface area contributed by atoms with Crippen molar-refractivity contribution in [2.45, 2.75) is 13.1 Å². The highest BCUT2D eigenvalue weighted by Gasteiger charge is 2.07. The first-order chi connectivity index (χ1) is 8.72. The Morgan fingerprint density at radius 1 is 1.33 bits per heavy atom. The van der Waals surface area contributed by atoms with Gasteiger partial charge in [0.15, 0.2) is 0 Å². The number of methoxy groups -OCH3 is 1. The van der Waals surface area contributed by atoms with Crippen LogP contribution in [0.2, 0.25) is 5.02 Å². The number of hydrogen-bond acceptors (Lipinski definition) is 3. The Labute approximate surface area is 124 Å². The summed E-state index contributed by atoms with van der Waals surface area (Å²) in [4.78, 5) is 1.28. The molecule has 2 aromatic rings. The van der Waals surface area contributed by atoms with Crippen LogP contribution in [0.15, 0.2) is 34.1 Å². The molecule has 0 saturated carbocycles. The van der Waals surface area contributed by atoms with E-state index in [2.05, 4.69) is 32.7 Å². The Kier molecular flexibility index (Phi) is 5.06. The SMILES string of the molecule is COc1cccc(Cl)c1CNCc1sccc1Br. The van der Waals surface area contributed by atoms with Crippen LogP contribution >= 0.6 is 38.9 Å². The van der Waals surface area contributed by atoms with Gasteiger partial charge in [0.1, 0.15) is 5.75 Å². The third-order valence-electron chi connectivity index (χ3n) is 2.57. The molecule has 0 saturated heterocycles. The predicted molar refractivity (Wildman–Crippen MR) is 80.6 cm³/mol. The second-order valence-corrected chi connectivity index (χ2v) is 5.98. The van der Waals surface area contributed by atoms with Gasteiger partial charge in [-0.15, -0.1) is 11.3 Å². The van der Waals surface area contributed by atoms with Gasteiger partial charge < -0.3 is 10.1 Å². The van der Waals surface area contributed by atoms with Gasteiger partial charge in [-0.3, -0.25) is 0 Å². The van der Waals surface area contributed by atoms with Crippen molar-refractivity contribution in [2.75, 3.05) is 7.11 Å². The molecular formula is C13H13BrClNOS. The monoisotopic (exact) mass is 345 g/mol. The average molecular weight is 347 g/mol. The molecule has 1 aromatic carbocycles. The van der Waals surface area contributed by atoms with Crippen molar-refractivity contribution in [3.63, 3.8) is 0 Å². The van der Waals surface area contributed by atoms with E-state index < -0.39 is 0 Å². The maximum atomic E-state index is 6.17. The van der Waals surface area contributed by atoms with E-state index in [0.717, 1.165) is 27.4 Å². The average Bonchev–Trinajstić information content (AvgIpc) is 2.77. The van der Waals surface area contributed by atoms with Gasteiger partial charge >= 0.3 is 0 Å². The lowest BCUT2D eigenvalue weighted by atomic mass is 10.2. The summed E-state index contributed by atoms with van der Waals surface area (Å²) in [5, 5.41) is 6.17. The zero-order valence-electron chi connectivity index (χ0n) is 9.87. The number of ether oxygens (including phenoxy) is 1. The molecule has 1 aromatic heterocycles. The minimum atomic E-state index is 0.688. The summed E-state index contributed by atoms with van der Waals surface area (Å²) in [7, 11) is 1.66. The highest BCUT2D eigenvalue weighted by molar-refractivity contribution is 9.10. The molecule has 0 radical (unpaired) electrons. The summed E-state index contributed by atoms with van der Waals surface area (Å²) in [6.45, 7) is 1.50. The van der Waals surface area contributed by atoms with E-state index in [1.165, 1.54) is 4.88 Å². The Bertz CT molecular complexity index is 529. The number of benzene rings is 1. The zero-order valence-corrected chi connectivity index (χ0v) is 13.0. The summed E-state index contributed by atoms with van der Waals surface area (Å²) in [6.07, 6.45) is 0. The molecule has 0 amide bonds. The van der Waals surface area contributed by atoms with Crippen molar-refractivity contribution in [3.8, 4) is 5.75 Å². The molecule has 5 heteroatoms. The standard InChI is InChI=1S/C13H13BrClNOS/c1-17-12-4-2-3-11(15)9(12)7-16-8-13-10(14)5-6-18-13/h2-6,16H,7-8H2,1H3. The van der Waals surface area contributed by atoms with Crippen molar-refractivity contribution in [3.05, 3.63) is 49.6 Å². The lowest BCUT2D eigenvalue weighted by molar-refractivity contribution is 0.407. The summed E-state index contributed by atoms with van der Waals surface area (Å²) < 4.78 is 6.45.